The normalized spacial score (nSPS) is 24.4. The van der Waals surface area contributed by atoms with Gasteiger partial charge in [0, 0.05) is 25.7 Å². The Labute approximate surface area is 177 Å². The molecule has 1 saturated carbocycles. The van der Waals surface area contributed by atoms with E-state index in [0.29, 0.717) is 29.9 Å². The van der Waals surface area contributed by atoms with E-state index >= 15 is 0 Å². The van der Waals surface area contributed by atoms with Gasteiger partial charge < -0.3 is 10.0 Å². The fourth-order valence-electron chi connectivity index (χ4n) is 5.15. The zero-order valence-corrected chi connectivity index (χ0v) is 17.5. The summed E-state index contributed by atoms with van der Waals surface area (Å²) >= 11 is 0. The van der Waals surface area contributed by atoms with Crippen molar-refractivity contribution in [2.45, 2.75) is 63.8 Å². The highest BCUT2D eigenvalue weighted by atomic mass is 19.1. The molecule has 1 atom stereocenters. The van der Waals surface area contributed by atoms with Crippen molar-refractivity contribution in [3.8, 4) is 0 Å². The summed E-state index contributed by atoms with van der Waals surface area (Å²) in [4.78, 5) is 30.7. The molecule has 0 spiro atoms. The number of likely N-dealkylation sites (tertiary alicyclic amines) is 1. The Kier molecular flexibility index (Phi) is 6.52. The van der Waals surface area contributed by atoms with Gasteiger partial charge in [-0.15, -0.1) is 0 Å². The van der Waals surface area contributed by atoms with Crippen molar-refractivity contribution in [2.24, 2.45) is 5.92 Å². The summed E-state index contributed by atoms with van der Waals surface area (Å²) in [6.07, 6.45) is 9.04. The summed E-state index contributed by atoms with van der Waals surface area (Å²) in [5.41, 5.74) is 1.41. The van der Waals surface area contributed by atoms with Crippen LogP contribution in [0.1, 0.15) is 63.4 Å². The molecule has 1 saturated heterocycles. The number of imide groups is 1. The van der Waals surface area contributed by atoms with Gasteiger partial charge in [0.25, 0.3) is 11.8 Å². The molecule has 1 N–H and O–H groups in total. The summed E-state index contributed by atoms with van der Waals surface area (Å²) in [6.45, 7) is 1.33. The van der Waals surface area contributed by atoms with E-state index < -0.39 is 0 Å². The van der Waals surface area contributed by atoms with Crippen LogP contribution >= 0.6 is 0 Å². The molecule has 6 heteroatoms. The first-order chi connectivity index (χ1) is 14.6. The second kappa shape index (κ2) is 9.29. The molecule has 1 aliphatic carbocycles. The second-order valence-corrected chi connectivity index (χ2v) is 8.85. The molecule has 3 aliphatic rings. The standard InChI is InChI=1S/C24H31FN2O3/c25-19-12-10-18(11-13-19)21-22(26-14-6-7-17(15-26)16-28)24(30)27(23(21)29)20-8-4-2-1-3-5-9-20/h10-13,17,20,28H,1-9,14-16H2. The average molecular weight is 415 g/mol. The van der Waals surface area contributed by atoms with Crippen molar-refractivity contribution in [1.82, 2.24) is 9.80 Å². The van der Waals surface area contributed by atoms with Crippen molar-refractivity contribution in [3.05, 3.63) is 41.3 Å². The van der Waals surface area contributed by atoms with Gasteiger partial charge in [-0.1, -0.05) is 44.2 Å². The topological polar surface area (TPSA) is 60.9 Å². The quantitative estimate of drug-likeness (QED) is 0.763. The number of aliphatic hydroxyl groups is 1. The third kappa shape index (κ3) is 4.15. The Morgan fingerprint density at radius 3 is 2.23 bits per heavy atom. The lowest BCUT2D eigenvalue weighted by atomic mass is 9.95. The van der Waals surface area contributed by atoms with E-state index in [1.807, 2.05) is 4.90 Å². The monoisotopic (exact) mass is 414 g/mol. The second-order valence-electron chi connectivity index (χ2n) is 8.85. The lowest BCUT2D eigenvalue weighted by molar-refractivity contribution is -0.140. The van der Waals surface area contributed by atoms with E-state index in [0.717, 1.165) is 51.4 Å². The number of hydrogen-bond acceptors (Lipinski definition) is 4. The van der Waals surface area contributed by atoms with E-state index in [4.69, 9.17) is 0 Å². The minimum absolute atomic E-state index is 0.0725. The minimum Gasteiger partial charge on any atom is -0.396 e. The summed E-state index contributed by atoms with van der Waals surface area (Å²) in [6, 6.07) is 5.78. The Balaban J connectivity index is 1.71. The first-order valence-electron chi connectivity index (χ1n) is 11.3. The molecule has 1 aromatic rings. The maximum Gasteiger partial charge on any atom is 0.278 e. The molecular formula is C24H31FN2O3. The van der Waals surface area contributed by atoms with Gasteiger partial charge in [-0.3, -0.25) is 14.5 Å². The Morgan fingerprint density at radius 2 is 1.57 bits per heavy atom. The van der Waals surface area contributed by atoms with Gasteiger partial charge in [0.2, 0.25) is 0 Å². The summed E-state index contributed by atoms with van der Waals surface area (Å²) in [5, 5.41) is 9.65. The minimum atomic E-state index is -0.368. The lowest BCUT2D eigenvalue weighted by Crippen LogP contribution is -2.44. The van der Waals surface area contributed by atoms with Crippen LogP contribution in [0.25, 0.3) is 5.57 Å². The Hall–Kier alpha value is -2.21. The summed E-state index contributed by atoms with van der Waals surface area (Å²) < 4.78 is 13.5. The average Bonchev–Trinajstić information content (AvgIpc) is 2.99. The van der Waals surface area contributed by atoms with Crippen LogP contribution in [0.15, 0.2) is 30.0 Å². The maximum absolute atomic E-state index is 13.6. The molecule has 2 heterocycles. The Morgan fingerprint density at radius 1 is 0.900 bits per heavy atom. The number of hydrogen-bond donors (Lipinski definition) is 1. The molecule has 2 amide bonds. The molecule has 162 valence electrons. The molecule has 1 aromatic carbocycles. The molecule has 1 unspecified atom stereocenters. The number of nitrogens with zero attached hydrogens (tertiary/aromatic N) is 2. The fraction of sp³-hybridized carbons (Fsp3) is 0.583. The number of amides is 2. The van der Waals surface area contributed by atoms with Crippen LogP contribution < -0.4 is 0 Å². The first kappa shape index (κ1) is 21.0. The number of piperidine rings is 1. The molecule has 0 radical (unpaired) electrons. The number of aliphatic hydroxyl groups excluding tert-OH is 1. The SMILES string of the molecule is O=C1C(c2ccc(F)cc2)=C(N2CCCC(CO)C2)C(=O)N1C1CCCCCCC1. The van der Waals surface area contributed by atoms with Gasteiger partial charge in [0.15, 0.2) is 0 Å². The molecule has 0 bridgehead atoms. The molecule has 4 rings (SSSR count). The van der Waals surface area contributed by atoms with Gasteiger partial charge in [0.1, 0.15) is 11.5 Å². The molecule has 0 aromatic heterocycles. The first-order valence-corrected chi connectivity index (χ1v) is 11.3. The Bertz CT molecular complexity index is 812. The predicted molar refractivity (Wildman–Crippen MR) is 113 cm³/mol. The van der Waals surface area contributed by atoms with Gasteiger partial charge in [-0.05, 0) is 49.3 Å². The van der Waals surface area contributed by atoms with Crippen LogP contribution in [0.5, 0.6) is 0 Å². The van der Waals surface area contributed by atoms with Gasteiger partial charge >= 0.3 is 0 Å². The number of carbonyl (C=O) groups excluding carboxylic acids is 2. The van der Waals surface area contributed by atoms with Crippen LogP contribution in [0.3, 0.4) is 0 Å². The third-order valence-corrected chi connectivity index (χ3v) is 6.76. The van der Waals surface area contributed by atoms with Crippen LogP contribution in [0.2, 0.25) is 0 Å². The van der Waals surface area contributed by atoms with Crippen LogP contribution in [-0.4, -0.2) is 52.5 Å². The van der Waals surface area contributed by atoms with Crippen molar-refractivity contribution >= 4 is 17.4 Å². The van der Waals surface area contributed by atoms with Gasteiger partial charge in [-0.25, -0.2) is 4.39 Å². The zero-order chi connectivity index (χ0) is 21.1. The maximum atomic E-state index is 13.6. The molecule has 30 heavy (non-hydrogen) atoms. The highest BCUT2D eigenvalue weighted by molar-refractivity contribution is 6.35. The van der Waals surface area contributed by atoms with E-state index in [2.05, 4.69) is 0 Å². The van der Waals surface area contributed by atoms with Gasteiger partial charge in [-0.2, -0.15) is 0 Å². The van der Waals surface area contributed by atoms with Gasteiger partial charge in [0.05, 0.1) is 5.57 Å². The zero-order valence-electron chi connectivity index (χ0n) is 17.5. The van der Waals surface area contributed by atoms with Crippen molar-refractivity contribution in [1.29, 1.82) is 0 Å². The number of rotatable bonds is 4. The highest BCUT2D eigenvalue weighted by Crippen LogP contribution is 2.37. The number of halogens is 1. The van der Waals surface area contributed by atoms with Crippen LogP contribution in [-0.2, 0) is 9.59 Å². The van der Waals surface area contributed by atoms with E-state index in [9.17, 15) is 19.1 Å². The lowest BCUT2D eigenvalue weighted by Gasteiger charge is -2.35. The van der Waals surface area contributed by atoms with E-state index in [1.165, 1.54) is 23.5 Å². The molecule has 2 fully saturated rings. The summed E-state index contributed by atoms with van der Waals surface area (Å²) in [5.74, 6) is -0.742. The van der Waals surface area contributed by atoms with Crippen molar-refractivity contribution in [2.75, 3.05) is 19.7 Å². The molecule has 5 nitrogen and oxygen atoms in total. The van der Waals surface area contributed by atoms with Crippen LogP contribution in [0, 0.1) is 11.7 Å². The molecule has 2 aliphatic heterocycles. The number of carbonyl (C=O) groups is 2. The fourth-order valence-corrected chi connectivity index (χ4v) is 5.15. The highest BCUT2D eigenvalue weighted by Gasteiger charge is 2.45. The number of benzene rings is 1. The van der Waals surface area contributed by atoms with E-state index in [-0.39, 0.29) is 36.2 Å². The third-order valence-electron chi connectivity index (χ3n) is 6.76. The predicted octanol–water partition coefficient (Wildman–Crippen LogP) is 3.72. The van der Waals surface area contributed by atoms with Crippen molar-refractivity contribution in [3.63, 3.8) is 0 Å². The largest absolute Gasteiger partial charge is 0.396 e. The smallest absolute Gasteiger partial charge is 0.278 e. The van der Waals surface area contributed by atoms with Crippen LogP contribution in [0.4, 0.5) is 4.39 Å². The van der Waals surface area contributed by atoms with E-state index in [1.54, 1.807) is 12.1 Å². The van der Waals surface area contributed by atoms with Crippen molar-refractivity contribution < 1.29 is 19.1 Å². The molecular weight excluding hydrogens is 383 g/mol. The summed E-state index contributed by atoms with van der Waals surface area (Å²) in [7, 11) is 0.